The number of benzene rings is 1. The van der Waals surface area contributed by atoms with Crippen LogP contribution in [0.1, 0.15) is 29.3 Å². The van der Waals surface area contributed by atoms with Crippen LogP contribution in [0.2, 0.25) is 0 Å². The highest BCUT2D eigenvalue weighted by Gasteiger charge is 2.28. The third-order valence-electron chi connectivity index (χ3n) is 3.79. The van der Waals surface area contributed by atoms with E-state index < -0.39 is 4.92 Å². The lowest BCUT2D eigenvalue weighted by Crippen LogP contribution is -2.43. The van der Waals surface area contributed by atoms with Crippen molar-refractivity contribution in [3.63, 3.8) is 0 Å². The molecule has 1 aromatic carbocycles. The first-order chi connectivity index (χ1) is 9.40. The Morgan fingerprint density at radius 2 is 2.20 bits per heavy atom. The molecule has 0 aromatic heterocycles. The summed E-state index contributed by atoms with van der Waals surface area (Å²) in [5.74, 6) is 0.497. The molecule has 0 N–H and O–H groups in total. The van der Waals surface area contributed by atoms with E-state index in [9.17, 15) is 14.9 Å². The van der Waals surface area contributed by atoms with E-state index in [0.717, 1.165) is 13.0 Å². The molecule has 0 aliphatic carbocycles. The molecule has 6 heteroatoms. The number of nitro groups is 1. The predicted molar refractivity (Wildman–Crippen MR) is 80.2 cm³/mol. The van der Waals surface area contributed by atoms with Crippen LogP contribution in [0.25, 0.3) is 0 Å². The summed E-state index contributed by atoms with van der Waals surface area (Å²) in [5.41, 5.74) is 1.08. The van der Waals surface area contributed by atoms with Crippen molar-refractivity contribution < 1.29 is 9.72 Å². The minimum Gasteiger partial charge on any atom is -0.338 e. The first kappa shape index (κ1) is 15.0. The van der Waals surface area contributed by atoms with E-state index in [-0.39, 0.29) is 11.6 Å². The van der Waals surface area contributed by atoms with Crippen molar-refractivity contribution in [2.24, 2.45) is 5.92 Å². The number of hydrogen-bond donors (Lipinski definition) is 0. The number of nitrogens with zero attached hydrogens (tertiary/aromatic N) is 2. The number of carbonyl (C=O) groups is 1. The number of likely N-dealkylation sites (tertiary alicyclic amines) is 1. The van der Waals surface area contributed by atoms with Gasteiger partial charge < -0.3 is 4.90 Å². The van der Waals surface area contributed by atoms with Gasteiger partial charge in [0, 0.05) is 35.1 Å². The Balaban J connectivity index is 2.17. The topological polar surface area (TPSA) is 63.5 Å². The van der Waals surface area contributed by atoms with Gasteiger partial charge in [0.05, 0.1) is 4.92 Å². The van der Waals surface area contributed by atoms with Crippen LogP contribution in [-0.4, -0.2) is 33.6 Å². The normalized spacial score (nSPS) is 22.6. The van der Waals surface area contributed by atoms with Crippen molar-refractivity contribution in [2.45, 2.75) is 25.1 Å². The van der Waals surface area contributed by atoms with Crippen LogP contribution < -0.4 is 0 Å². The van der Waals surface area contributed by atoms with Crippen molar-refractivity contribution >= 4 is 27.5 Å². The molecule has 5 nitrogen and oxygen atoms in total. The molecule has 1 saturated heterocycles. The molecule has 1 aliphatic heterocycles. The molecule has 1 fully saturated rings. The average molecular weight is 341 g/mol. The summed E-state index contributed by atoms with van der Waals surface area (Å²) in [5, 5.41) is 10.8. The summed E-state index contributed by atoms with van der Waals surface area (Å²) in [7, 11) is 0. The van der Waals surface area contributed by atoms with Crippen LogP contribution in [0, 0.1) is 23.0 Å². The third-order valence-corrected chi connectivity index (χ3v) is 4.99. The van der Waals surface area contributed by atoms with E-state index in [0.29, 0.717) is 28.4 Å². The highest BCUT2D eigenvalue weighted by molar-refractivity contribution is 9.09. The van der Waals surface area contributed by atoms with Gasteiger partial charge in [0.1, 0.15) is 0 Å². The van der Waals surface area contributed by atoms with Crippen molar-refractivity contribution in [2.75, 3.05) is 13.1 Å². The van der Waals surface area contributed by atoms with Gasteiger partial charge in [-0.05, 0) is 31.4 Å². The Bertz CT molecular complexity index is 547. The number of nitro benzene ring substituents is 1. The minimum absolute atomic E-state index is 0.0483. The van der Waals surface area contributed by atoms with E-state index in [1.54, 1.807) is 17.9 Å². The molecular weight excluding hydrogens is 324 g/mol. The number of hydrogen-bond acceptors (Lipinski definition) is 3. The van der Waals surface area contributed by atoms with Gasteiger partial charge in [-0.3, -0.25) is 14.9 Å². The Morgan fingerprint density at radius 1 is 1.50 bits per heavy atom. The highest BCUT2D eigenvalue weighted by Crippen LogP contribution is 2.25. The molecule has 108 valence electrons. The highest BCUT2D eigenvalue weighted by atomic mass is 79.9. The van der Waals surface area contributed by atoms with Crippen LogP contribution in [0.5, 0.6) is 0 Å². The number of amides is 1. The fourth-order valence-corrected chi connectivity index (χ4v) is 3.00. The lowest BCUT2D eigenvalue weighted by Gasteiger charge is -2.34. The molecule has 2 unspecified atom stereocenters. The van der Waals surface area contributed by atoms with Crippen molar-refractivity contribution in [1.82, 2.24) is 4.90 Å². The Morgan fingerprint density at radius 3 is 2.75 bits per heavy atom. The van der Waals surface area contributed by atoms with Gasteiger partial charge >= 0.3 is 0 Å². The van der Waals surface area contributed by atoms with E-state index in [1.165, 1.54) is 12.1 Å². The molecule has 1 amide bonds. The lowest BCUT2D eigenvalue weighted by molar-refractivity contribution is -0.385. The first-order valence-electron chi connectivity index (χ1n) is 6.58. The molecule has 2 rings (SSSR count). The van der Waals surface area contributed by atoms with Gasteiger partial charge in [-0.25, -0.2) is 0 Å². The summed E-state index contributed by atoms with van der Waals surface area (Å²) < 4.78 is 0. The second-order valence-electron chi connectivity index (χ2n) is 5.29. The quantitative estimate of drug-likeness (QED) is 0.472. The zero-order chi connectivity index (χ0) is 14.9. The van der Waals surface area contributed by atoms with Crippen LogP contribution in [-0.2, 0) is 0 Å². The van der Waals surface area contributed by atoms with Gasteiger partial charge in [0.15, 0.2) is 0 Å². The molecule has 1 heterocycles. The Kier molecular flexibility index (Phi) is 4.42. The molecule has 20 heavy (non-hydrogen) atoms. The largest absolute Gasteiger partial charge is 0.338 e. The maximum atomic E-state index is 12.4. The average Bonchev–Trinajstić information content (AvgIpc) is 2.40. The van der Waals surface area contributed by atoms with E-state index in [1.807, 2.05) is 0 Å². The second-order valence-corrected chi connectivity index (χ2v) is 6.47. The minimum atomic E-state index is -0.430. The van der Waals surface area contributed by atoms with Gasteiger partial charge in [-0.1, -0.05) is 22.9 Å². The second kappa shape index (κ2) is 5.91. The van der Waals surface area contributed by atoms with Crippen molar-refractivity contribution in [3.8, 4) is 0 Å². The van der Waals surface area contributed by atoms with Gasteiger partial charge in [0.2, 0.25) is 0 Å². The standard InChI is InChI=1S/C14H17BrN2O3/c1-9-5-6-16(8-12(9)15)14(18)11-3-4-13(17(19)20)10(2)7-11/h3-4,7,9,12H,5-6,8H2,1-2H3. The predicted octanol–water partition coefficient (Wildman–Crippen LogP) is 3.15. The van der Waals surface area contributed by atoms with E-state index in [4.69, 9.17) is 0 Å². The van der Waals surface area contributed by atoms with Gasteiger partial charge in [-0.15, -0.1) is 0 Å². The maximum Gasteiger partial charge on any atom is 0.272 e. The summed E-state index contributed by atoms with van der Waals surface area (Å²) in [6.45, 7) is 5.23. The van der Waals surface area contributed by atoms with Gasteiger partial charge in [-0.2, -0.15) is 0 Å². The number of halogens is 1. The first-order valence-corrected chi connectivity index (χ1v) is 7.50. The third kappa shape index (κ3) is 3.00. The Labute approximate surface area is 126 Å². The van der Waals surface area contributed by atoms with E-state index in [2.05, 4.69) is 22.9 Å². The van der Waals surface area contributed by atoms with Crippen molar-refractivity contribution in [1.29, 1.82) is 0 Å². The Hall–Kier alpha value is -1.43. The molecule has 1 aromatic rings. The zero-order valence-electron chi connectivity index (χ0n) is 11.5. The summed E-state index contributed by atoms with van der Waals surface area (Å²) in [6, 6.07) is 4.54. The molecule has 0 radical (unpaired) electrons. The maximum absolute atomic E-state index is 12.4. The number of alkyl halides is 1. The summed E-state index contributed by atoms with van der Waals surface area (Å²) in [6.07, 6.45) is 0.966. The van der Waals surface area contributed by atoms with Crippen LogP contribution in [0.15, 0.2) is 18.2 Å². The van der Waals surface area contributed by atoms with E-state index >= 15 is 0 Å². The van der Waals surface area contributed by atoms with Crippen molar-refractivity contribution in [3.05, 3.63) is 39.4 Å². The van der Waals surface area contributed by atoms with Crippen LogP contribution in [0.3, 0.4) is 0 Å². The number of rotatable bonds is 2. The molecule has 0 bridgehead atoms. The molecule has 1 aliphatic rings. The monoisotopic (exact) mass is 340 g/mol. The molecule has 2 atom stereocenters. The fourth-order valence-electron chi connectivity index (χ4n) is 2.38. The smallest absolute Gasteiger partial charge is 0.272 e. The summed E-state index contributed by atoms with van der Waals surface area (Å²) in [4.78, 5) is 24.9. The molecule has 0 spiro atoms. The number of aryl methyl sites for hydroxylation is 1. The van der Waals surface area contributed by atoms with Crippen LogP contribution in [0.4, 0.5) is 5.69 Å². The number of carbonyl (C=O) groups excluding carboxylic acids is 1. The SMILES string of the molecule is Cc1cc(C(=O)N2CCC(C)C(Br)C2)ccc1[N+](=O)[O-]. The lowest BCUT2D eigenvalue weighted by atomic mass is 9.98. The zero-order valence-corrected chi connectivity index (χ0v) is 13.1. The summed E-state index contributed by atoms with van der Waals surface area (Å²) >= 11 is 3.60. The fraction of sp³-hybridized carbons (Fsp3) is 0.500. The van der Waals surface area contributed by atoms with Gasteiger partial charge in [0.25, 0.3) is 11.6 Å². The van der Waals surface area contributed by atoms with Crippen LogP contribution >= 0.6 is 15.9 Å². The number of piperidine rings is 1. The molecule has 0 saturated carbocycles. The molecular formula is C14H17BrN2O3.